The third-order valence-corrected chi connectivity index (χ3v) is 5.41. The Labute approximate surface area is 209 Å². The molecule has 184 valence electrons. The Morgan fingerprint density at radius 1 is 0.889 bits per heavy atom. The largest absolute Gasteiger partial charge is 0.484 e. The van der Waals surface area contributed by atoms with Gasteiger partial charge in [0, 0.05) is 35.8 Å². The molecule has 0 saturated heterocycles. The van der Waals surface area contributed by atoms with Gasteiger partial charge < -0.3 is 19.9 Å². The summed E-state index contributed by atoms with van der Waals surface area (Å²) in [6, 6.07) is 24.1. The second kappa shape index (κ2) is 11.8. The van der Waals surface area contributed by atoms with Crippen molar-refractivity contribution in [1.29, 1.82) is 0 Å². The van der Waals surface area contributed by atoms with Gasteiger partial charge in [-0.25, -0.2) is 0 Å². The Hall–Kier alpha value is -4.46. The standard InChI is InChI=1S/C28H28N4O4/c1-19(2)20-11-13-21(14-12-20)28-31-27(36-32-28)16-15-25(33)30-23-9-6-10-24(17-23)35-18-26(34)29-22-7-4-3-5-8-22/h3-14,17,19H,15-16,18H2,1-2H3,(H,29,34)(H,30,33). The molecule has 36 heavy (non-hydrogen) atoms. The second-order valence-corrected chi connectivity index (χ2v) is 8.57. The van der Waals surface area contributed by atoms with Gasteiger partial charge in [0.25, 0.3) is 5.91 Å². The minimum Gasteiger partial charge on any atom is -0.484 e. The number of benzene rings is 3. The Morgan fingerprint density at radius 3 is 2.36 bits per heavy atom. The smallest absolute Gasteiger partial charge is 0.262 e. The van der Waals surface area contributed by atoms with Crippen LogP contribution in [0.5, 0.6) is 5.75 Å². The van der Waals surface area contributed by atoms with E-state index in [4.69, 9.17) is 9.26 Å². The molecule has 0 radical (unpaired) electrons. The van der Waals surface area contributed by atoms with Gasteiger partial charge in [-0.15, -0.1) is 0 Å². The first kappa shape index (κ1) is 24.7. The van der Waals surface area contributed by atoms with Gasteiger partial charge in [-0.05, 0) is 35.7 Å². The molecule has 8 heteroatoms. The number of aryl methyl sites for hydroxylation is 1. The number of nitrogens with one attached hydrogen (secondary N) is 2. The number of anilines is 2. The van der Waals surface area contributed by atoms with Crippen molar-refractivity contribution in [1.82, 2.24) is 10.1 Å². The third kappa shape index (κ3) is 7.02. The molecule has 0 atom stereocenters. The minimum absolute atomic E-state index is 0.147. The van der Waals surface area contributed by atoms with Crippen molar-refractivity contribution in [3.05, 3.63) is 90.3 Å². The molecule has 1 heterocycles. The van der Waals surface area contributed by atoms with Crippen LogP contribution in [0, 0.1) is 0 Å². The molecule has 0 saturated carbocycles. The van der Waals surface area contributed by atoms with Crippen LogP contribution in [0.4, 0.5) is 11.4 Å². The van der Waals surface area contributed by atoms with Gasteiger partial charge in [-0.3, -0.25) is 9.59 Å². The molecule has 0 bridgehead atoms. The monoisotopic (exact) mass is 484 g/mol. The highest BCUT2D eigenvalue weighted by Crippen LogP contribution is 2.21. The van der Waals surface area contributed by atoms with Crippen molar-refractivity contribution < 1.29 is 18.8 Å². The topological polar surface area (TPSA) is 106 Å². The first-order chi connectivity index (χ1) is 17.5. The van der Waals surface area contributed by atoms with E-state index in [0.717, 1.165) is 5.56 Å². The fourth-order valence-corrected chi connectivity index (χ4v) is 3.47. The Balaban J connectivity index is 1.24. The van der Waals surface area contributed by atoms with Crippen LogP contribution in [0.1, 0.15) is 37.6 Å². The lowest BCUT2D eigenvalue weighted by molar-refractivity contribution is -0.118. The zero-order valence-corrected chi connectivity index (χ0v) is 20.2. The number of hydrogen-bond acceptors (Lipinski definition) is 6. The highest BCUT2D eigenvalue weighted by molar-refractivity contribution is 5.92. The van der Waals surface area contributed by atoms with Crippen molar-refractivity contribution in [2.45, 2.75) is 32.6 Å². The van der Waals surface area contributed by atoms with Gasteiger partial charge in [0.15, 0.2) is 6.61 Å². The fraction of sp³-hybridized carbons (Fsp3) is 0.214. The normalized spacial score (nSPS) is 10.8. The van der Waals surface area contributed by atoms with E-state index in [1.807, 2.05) is 30.3 Å². The van der Waals surface area contributed by atoms with E-state index >= 15 is 0 Å². The van der Waals surface area contributed by atoms with E-state index in [0.29, 0.717) is 41.2 Å². The van der Waals surface area contributed by atoms with Crippen molar-refractivity contribution in [3.8, 4) is 17.1 Å². The summed E-state index contributed by atoms with van der Waals surface area (Å²) in [6.45, 7) is 4.13. The number of para-hydroxylation sites is 1. The molecule has 8 nitrogen and oxygen atoms in total. The van der Waals surface area contributed by atoms with Crippen LogP contribution in [0.15, 0.2) is 83.4 Å². The molecule has 0 aliphatic heterocycles. The van der Waals surface area contributed by atoms with Crippen molar-refractivity contribution in [2.75, 3.05) is 17.2 Å². The van der Waals surface area contributed by atoms with E-state index in [1.54, 1.807) is 36.4 Å². The lowest BCUT2D eigenvalue weighted by Crippen LogP contribution is -2.20. The molecule has 3 aromatic carbocycles. The minimum atomic E-state index is -0.273. The molecule has 0 aliphatic carbocycles. The maximum Gasteiger partial charge on any atom is 0.262 e. The van der Waals surface area contributed by atoms with Crippen molar-refractivity contribution in [2.24, 2.45) is 0 Å². The van der Waals surface area contributed by atoms with Crippen LogP contribution in [-0.2, 0) is 16.0 Å². The molecule has 0 spiro atoms. The predicted octanol–water partition coefficient (Wildman–Crippen LogP) is 5.45. The highest BCUT2D eigenvalue weighted by Gasteiger charge is 2.12. The average molecular weight is 485 g/mol. The highest BCUT2D eigenvalue weighted by atomic mass is 16.5. The molecule has 0 aliphatic rings. The Morgan fingerprint density at radius 2 is 1.61 bits per heavy atom. The summed E-state index contributed by atoms with van der Waals surface area (Å²) in [5.41, 5.74) is 3.37. The number of carbonyl (C=O) groups excluding carboxylic acids is 2. The van der Waals surface area contributed by atoms with Gasteiger partial charge >= 0.3 is 0 Å². The zero-order chi connectivity index (χ0) is 25.3. The summed E-state index contributed by atoms with van der Waals surface area (Å²) in [5, 5.41) is 9.61. The number of nitrogens with zero attached hydrogens (tertiary/aromatic N) is 2. The fourth-order valence-electron chi connectivity index (χ4n) is 3.47. The maximum atomic E-state index is 12.4. The molecule has 2 amide bonds. The molecule has 4 rings (SSSR count). The number of aromatic nitrogens is 2. The Kier molecular flexibility index (Phi) is 8.08. The van der Waals surface area contributed by atoms with Crippen LogP contribution >= 0.6 is 0 Å². The molecule has 2 N–H and O–H groups in total. The van der Waals surface area contributed by atoms with Gasteiger partial charge in [-0.2, -0.15) is 4.98 Å². The lowest BCUT2D eigenvalue weighted by Gasteiger charge is -2.09. The van der Waals surface area contributed by atoms with Crippen molar-refractivity contribution >= 4 is 23.2 Å². The zero-order valence-electron chi connectivity index (χ0n) is 20.2. The SMILES string of the molecule is CC(C)c1ccc(-c2noc(CCC(=O)Nc3cccc(OCC(=O)Nc4ccccc4)c3)n2)cc1. The molecule has 0 unspecified atom stereocenters. The Bertz CT molecular complexity index is 1300. The number of hydrogen-bond donors (Lipinski definition) is 2. The molecule has 4 aromatic rings. The van der Waals surface area contributed by atoms with Gasteiger partial charge in [0.1, 0.15) is 5.75 Å². The summed E-state index contributed by atoms with van der Waals surface area (Å²) in [5.74, 6) is 1.35. The van der Waals surface area contributed by atoms with Gasteiger partial charge in [0.05, 0.1) is 0 Å². The van der Waals surface area contributed by atoms with Gasteiger partial charge in [0.2, 0.25) is 17.6 Å². The average Bonchev–Trinajstić information content (AvgIpc) is 3.36. The molecular weight excluding hydrogens is 456 g/mol. The molecule has 0 fully saturated rings. The number of ether oxygens (including phenoxy) is 1. The number of rotatable bonds is 10. The van der Waals surface area contributed by atoms with E-state index < -0.39 is 0 Å². The van der Waals surface area contributed by atoms with Gasteiger partial charge in [-0.1, -0.05) is 67.5 Å². The molecular formula is C28H28N4O4. The van der Waals surface area contributed by atoms with Crippen molar-refractivity contribution in [3.63, 3.8) is 0 Å². The first-order valence-electron chi connectivity index (χ1n) is 11.8. The first-order valence-corrected chi connectivity index (χ1v) is 11.8. The maximum absolute atomic E-state index is 12.4. The summed E-state index contributed by atoms with van der Waals surface area (Å²) in [7, 11) is 0. The van der Waals surface area contributed by atoms with Crippen LogP contribution < -0.4 is 15.4 Å². The van der Waals surface area contributed by atoms with Crippen LogP contribution in [0.2, 0.25) is 0 Å². The second-order valence-electron chi connectivity index (χ2n) is 8.57. The number of amides is 2. The van der Waals surface area contributed by atoms with E-state index in [-0.39, 0.29) is 24.8 Å². The van der Waals surface area contributed by atoms with E-state index in [9.17, 15) is 9.59 Å². The van der Waals surface area contributed by atoms with Crippen LogP contribution in [0.25, 0.3) is 11.4 Å². The lowest BCUT2D eigenvalue weighted by atomic mass is 10.0. The number of carbonyl (C=O) groups is 2. The summed E-state index contributed by atoms with van der Waals surface area (Å²) in [6.07, 6.45) is 0.497. The van der Waals surface area contributed by atoms with E-state index in [2.05, 4.69) is 46.8 Å². The van der Waals surface area contributed by atoms with Crippen LogP contribution in [0.3, 0.4) is 0 Å². The van der Waals surface area contributed by atoms with E-state index in [1.165, 1.54) is 5.56 Å². The third-order valence-electron chi connectivity index (χ3n) is 5.41. The summed E-state index contributed by atoms with van der Waals surface area (Å²) >= 11 is 0. The quantitative estimate of drug-likeness (QED) is 0.310. The summed E-state index contributed by atoms with van der Waals surface area (Å²) < 4.78 is 10.9. The molecule has 1 aromatic heterocycles. The summed E-state index contributed by atoms with van der Waals surface area (Å²) in [4.78, 5) is 28.9. The van der Waals surface area contributed by atoms with Crippen LogP contribution in [-0.4, -0.2) is 28.6 Å². The predicted molar refractivity (Wildman–Crippen MR) is 138 cm³/mol.